The summed E-state index contributed by atoms with van der Waals surface area (Å²) in [6.45, 7) is 4.06. The minimum absolute atomic E-state index is 0.109. The Bertz CT molecular complexity index is 1130. The molecular formula is C27H27Cl2N3O3. The Morgan fingerprint density at radius 1 is 0.914 bits per heavy atom. The van der Waals surface area contributed by atoms with Crippen LogP contribution < -0.4 is 5.06 Å². The number of hydroxylamine groups is 1. The number of piperazine rings is 1. The number of benzene rings is 3. The number of anilines is 1. The minimum atomic E-state index is -0.109. The van der Waals surface area contributed by atoms with Gasteiger partial charge in [0.1, 0.15) is 6.61 Å². The van der Waals surface area contributed by atoms with Crippen LogP contribution in [-0.4, -0.2) is 54.8 Å². The monoisotopic (exact) mass is 511 g/mol. The fourth-order valence-corrected chi connectivity index (χ4v) is 4.36. The lowest BCUT2D eigenvalue weighted by Crippen LogP contribution is -2.49. The first-order valence-corrected chi connectivity index (χ1v) is 12.3. The van der Waals surface area contributed by atoms with E-state index < -0.39 is 0 Å². The van der Waals surface area contributed by atoms with Gasteiger partial charge in [-0.3, -0.25) is 19.3 Å². The van der Waals surface area contributed by atoms with Gasteiger partial charge in [-0.25, -0.2) is 0 Å². The van der Waals surface area contributed by atoms with Crippen molar-refractivity contribution in [2.75, 3.05) is 37.8 Å². The van der Waals surface area contributed by atoms with Crippen molar-refractivity contribution in [3.8, 4) is 0 Å². The third kappa shape index (κ3) is 6.83. The molecule has 8 heteroatoms. The van der Waals surface area contributed by atoms with Gasteiger partial charge in [0, 0.05) is 37.7 Å². The molecule has 0 bridgehead atoms. The summed E-state index contributed by atoms with van der Waals surface area (Å²) < 4.78 is 0. The number of carbonyl (C=O) groups is 2. The van der Waals surface area contributed by atoms with Crippen molar-refractivity contribution in [2.45, 2.75) is 13.0 Å². The highest BCUT2D eigenvalue weighted by Gasteiger charge is 2.24. The van der Waals surface area contributed by atoms with Crippen LogP contribution in [0.5, 0.6) is 0 Å². The number of hydrogen-bond acceptors (Lipinski definition) is 4. The average Bonchev–Trinajstić information content (AvgIpc) is 2.89. The highest BCUT2D eigenvalue weighted by atomic mass is 35.5. The zero-order chi connectivity index (χ0) is 24.6. The second-order valence-electron chi connectivity index (χ2n) is 8.36. The molecule has 0 saturated carbocycles. The molecule has 0 aromatic heterocycles. The van der Waals surface area contributed by atoms with E-state index in [2.05, 4.69) is 4.90 Å². The summed E-state index contributed by atoms with van der Waals surface area (Å²) in [5, 5.41) is 2.14. The number of halogens is 2. The van der Waals surface area contributed by atoms with Gasteiger partial charge < -0.3 is 4.90 Å². The van der Waals surface area contributed by atoms with E-state index in [9.17, 15) is 9.59 Å². The lowest BCUT2D eigenvalue weighted by atomic mass is 10.1. The van der Waals surface area contributed by atoms with E-state index in [0.717, 1.165) is 41.7 Å². The van der Waals surface area contributed by atoms with Gasteiger partial charge in [-0.05, 0) is 47.9 Å². The van der Waals surface area contributed by atoms with Crippen LogP contribution >= 0.6 is 23.2 Å². The molecule has 0 N–H and O–H groups in total. The third-order valence-electron chi connectivity index (χ3n) is 6.04. The summed E-state index contributed by atoms with van der Waals surface area (Å²) in [6.07, 6.45) is 1.53. The Hall–Kier alpha value is -2.90. The molecule has 2 amide bonds. The number of carbonyl (C=O) groups excluding carboxylic acids is 2. The van der Waals surface area contributed by atoms with E-state index in [4.69, 9.17) is 28.0 Å². The van der Waals surface area contributed by atoms with E-state index in [0.29, 0.717) is 30.8 Å². The van der Waals surface area contributed by atoms with Gasteiger partial charge in [0.2, 0.25) is 6.41 Å². The molecule has 1 saturated heterocycles. The fourth-order valence-electron chi connectivity index (χ4n) is 3.98. The van der Waals surface area contributed by atoms with Crippen molar-refractivity contribution in [2.24, 2.45) is 0 Å². The highest BCUT2D eigenvalue weighted by Crippen LogP contribution is 2.25. The standard InChI is InChI=1S/C27H27Cl2N3O3/c28-23-8-6-21(7-9-23)12-13-30-14-16-31(17-15-30)27(34)25-11-10-24(18-26(25)29)32(20-33)35-19-22-4-2-1-3-5-22/h1-11,18,20H,12-17,19H2. The first-order valence-electron chi connectivity index (χ1n) is 11.5. The molecule has 0 spiro atoms. The Morgan fingerprint density at radius 2 is 1.63 bits per heavy atom. The highest BCUT2D eigenvalue weighted by molar-refractivity contribution is 6.34. The smallest absolute Gasteiger partial charge is 0.255 e. The maximum atomic E-state index is 13.1. The summed E-state index contributed by atoms with van der Waals surface area (Å²) in [4.78, 5) is 34.4. The van der Waals surface area contributed by atoms with Crippen LogP contribution in [0.4, 0.5) is 5.69 Å². The fraction of sp³-hybridized carbons (Fsp3) is 0.259. The molecule has 0 radical (unpaired) electrons. The van der Waals surface area contributed by atoms with Crippen molar-refractivity contribution < 1.29 is 14.4 Å². The minimum Gasteiger partial charge on any atom is -0.336 e. The molecule has 182 valence electrons. The SMILES string of the molecule is O=CN(OCc1ccccc1)c1ccc(C(=O)N2CCN(CCc3ccc(Cl)cc3)CC2)c(Cl)c1. The van der Waals surface area contributed by atoms with E-state index in [-0.39, 0.29) is 17.5 Å². The number of rotatable bonds is 9. The Morgan fingerprint density at radius 3 is 2.29 bits per heavy atom. The average molecular weight is 512 g/mol. The molecule has 1 aliphatic rings. The maximum Gasteiger partial charge on any atom is 0.255 e. The van der Waals surface area contributed by atoms with Gasteiger partial charge in [0.15, 0.2) is 0 Å². The quantitative estimate of drug-likeness (QED) is 0.296. The summed E-state index contributed by atoms with van der Waals surface area (Å²) in [6, 6.07) is 22.4. The largest absolute Gasteiger partial charge is 0.336 e. The second-order valence-corrected chi connectivity index (χ2v) is 9.21. The van der Waals surface area contributed by atoms with Crippen molar-refractivity contribution >= 4 is 41.2 Å². The molecule has 35 heavy (non-hydrogen) atoms. The molecule has 0 atom stereocenters. The van der Waals surface area contributed by atoms with Crippen LogP contribution in [0.2, 0.25) is 10.0 Å². The zero-order valence-corrected chi connectivity index (χ0v) is 20.8. The van der Waals surface area contributed by atoms with E-state index >= 15 is 0 Å². The van der Waals surface area contributed by atoms with Crippen LogP contribution in [0.3, 0.4) is 0 Å². The predicted molar refractivity (Wildman–Crippen MR) is 139 cm³/mol. The van der Waals surface area contributed by atoms with Gasteiger partial charge in [-0.1, -0.05) is 65.7 Å². The number of nitrogens with zero attached hydrogens (tertiary/aromatic N) is 3. The summed E-state index contributed by atoms with van der Waals surface area (Å²) in [5.41, 5.74) is 3.06. The molecule has 3 aromatic rings. The molecule has 0 aliphatic carbocycles. The second kappa shape index (κ2) is 12.2. The Labute approximate surface area is 215 Å². The molecule has 6 nitrogen and oxygen atoms in total. The summed E-state index contributed by atoms with van der Waals surface area (Å²) in [5.74, 6) is -0.109. The topological polar surface area (TPSA) is 53.1 Å². The van der Waals surface area contributed by atoms with Gasteiger partial charge in [0.25, 0.3) is 5.91 Å². The zero-order valence-electron chi connectivity index (χ0n) is 19.3. The van der Waals surface area contributed by atoms with Crippen molar-refractivity contribution in [3.05, 3.63) is 99.5 Å². The van der Waals surface area contributed by atoms with Crippen LogP contribution in [0.25, 0.3) is 0 Å². The lowest BCUT2D eigenvalue weighted by Gasteiger charge is -2.35. The first kappa shape index (κ1) is 25.2. The van der Waals surface area contributed by atoms with E-state index in [1.54, 1.807) is 18.2 Å². The normalized spacial score (nSPS) is 14.1. The molecule has 0 unspecified atom stereocenters. The van der Waals surface area contributed by atoms with Crippen molar-refractivity contribution in [1.82, 2.24) is 9.80 Å². The summed E-state index contributed by atoms with van der Waals surface area (Å²) in [7, 11) is 0. The van der Waals surface area contributed by atoms with Gasteiger partial charge in [0.05, 0.1) is 16.3 Å². The van der Waals surface area contributed by atoms with Gasteiger partial charge in [-0.2, -0.15) is 5.06 Å². The van der Waals surface area contributed by atoms with Crippen molar-refractivity contribution in [3.63, 3.8) is 0 Å². The molecule has 4 rings (SSSR count). The van der Waals surface area contributed by atoms with Crippen LogP contribution in [0.15, 0.2) is 72.8 Å². The number of hydrogen-bond donors (Lipinski definition) is 0. The Kier molecular flexibility index (Phi) is 8.77. The lowest BCUT2D eigenvalue weighted by molar-refractivity contribution is -0.114. The summed E-state index contributed by atoms with van der Waals surface area (Å²) >= 11 is 12.4. The molecular weight excluding hydrogens is 485 g/mol. The van der Waals surface area contributed by atoms with Crippen LogP contribution in [0, 0.1) is 0 Å². The van der Waals surface area contributed by atoms with Crippen molar-refractivity contribution in [1.29, 1.82) is 0 Å². The van der Waals surface area contributed by atoms with Gasteiger partial charge >= 0.3 is 0 Å². The van der Waals surface area contributed by atoms with E-state index in [1.807, 2.05) is 59.5 Å². The maximum absolute atomic E-state index is 13.1. The van der Waals surface area contributed by atoms with E-state index in [1.165, 1.54) is 5.56 Å². The first-order chi connectivity index (χ1) is 17.0. The third-order valence-corrected chi connectivity index (χ3v) is 6.60. The number of amides is 2. The van der Waals surface area contributed by atoms with Crippen LogP contribution in [0.1, 0.15) is 21.5 Å². The molecule has 1 fully saturated rings. The predicted octanol–water partition coefficient (Wildman–Crippen LogP) is 5.09. The van der Waals surface area contributed by atoms with Crippen LogP contribution in [-0.2, 0) is 22.7 Å². The molecule has 3 aromatic carbocycles. The van der Waals surface area contributed by atoms with Gasteiger partial charge in [-0.15, -0.1) is 0 Å². The Balaban J connectivity index is 1.30. The molecule has 1 aliphatic heterocycles. The molecule has 1 heterocycles.